The number of thioether (sulfide) groups is 1. The van der Waals surface area contributed by atoms with Gasteiger partial charge in [-0.3, -0.25) is 4.79 Å². The summed E-state index contributed by atoms with van der Waals surface area (Å²) in [5.41, 5.74) is 1.79. The molecule has 0 aliphatic heterocycles. The SMILES string of the molecule is CSc1nc2cc(C(=O)Nc3cccc(Cl)n3)c(Cl)cc2[nH]1. The van der Waals surface area contributed by atoms with Gasteiger partial charge in [-0.15, -0.1) is 0 Å². The van der Waals surface area contributed by atoms with Crippen LogP contribution in [0.15, 0.2) is 35.5 Å². The van der Waals surface area contributed by atoms with E-state index >= 15 is 0 Å². The highest BCUT2D eigenvalue weighted by atomic mass is 35.5. The van der Waals surface area contributed by atoms with Crippen LogP contribution >= 0.6 is 35.0 Å². The molecule has 2 N–H and O–H groups in total. The molecule has 3 aromatic rings. The molecule has 0 atom stereocenters. The molecule has 0 aliphatic carbocycles. The van der Waals surface area contributed by atoms with Gasteiger partial charge < -0.3 is 10.3 Å². The van der Waals surface area contributed by atoms with Crippen LogP contribution in [0.2, 0.25) is 10.2 Å². The second kappa shape index (κ2) is 6.16. The zero-order valence-electron chi connectivity index (χ0n) is 11.4. The molecule has 0 saturated heterocycles. The Kier molecular flexibility index (Phi) is 4.24. The molecule has 0 bridgehead atoms. The third-order valence-electron chi connectivity index (χ3n) is 2.94. The number of carbonyl (C=O) groups is 1. The maximum atomic E-state index is 12.3. The van der Waals surface area contributed by atoms with E-state index in [1.165, 1.54) is 11.8 Å². The van der Waals surface area contributed by atoms with E-state index in [1.807, 2.05) is 6.26 Å². The number of carbonyl (C=O) groups excluding carboxylic acids is 1. The van der Waals surface area contributed by atoms with Crippen LogP contribution < -0.4 is 5.32 Å². The summed E-state index contributed by atoms with van der Waals surface area (Å²) in [6.45, 7) is 0. The molecular weight excluding hydrogens is 343 g/mol. The monoisotopic (exact) mass is 352 g/mol. The first-order chi connectivity index (χ1) is 10.6. The van der Waals surface area contributed by atoms with E-state index in [9.17, 15) is 4.79 Å². The number of nitrogens with one attached hydrogen (secondary N) is 2. The molecule has 0 fully saturated rings. The molecule has 0 saturated carbocycles. The van der Waals surface area contributed by atoms with Crippen molar-refractivity contribution in [3.8, 4) is 0 Å². The number of hydrogen-bond donors (Lipinski definition) is 2. The smallest absolute Gasteiger partial charge is 0.258 e. The highest BCUT2D eigenvalue weighted by Crippen LogP contribution is 2.25. The minimum Gasteiger partial charge on any atom is -0.333 e. The normalized spacial score (nSPS) is 10.9. The summed E-state index contributed by atoms with van der Waals surface area (Å²) < 4.78 is 0. The number of rotatable bonds is 3. The van der Waals surface area contributed by atoms with Crippen molar-refractivity contribution in [3.63, 3.8) is 0 Å². The Hall–Kier alpha value is -1.76. The first kappa shape index (κ1) is 15.1. The number of nitrogens with zero attached hydrogens (tertiary/aromatic N) is 2. The van der Waals surface area contributed by atoms with Gasteiger partial charge >= 0.3 is 0 Å². The van der Waals surface area contributed by atoms with Crippen LogP contribution in [0.5, 0.6) is 0 Å². The van der Waals surface area contributed by atoms with Gasteiger partial charge in [-0.2, -0.15) is 0 Å². The van der Waals surface area contributed by atoms with Gasteiger partial charge in [-0.05, 0) is 30.5 Å². The maximum absolute atomic E-state index is 12.3. The Morgan fingerprint density at radius 3 is 2.82 bits per heavy atom. The summed E-state index contributed by atoms with van der Waals surface area (Å²) in [7, 11) is 0. The van der Waals surface area contributed by atoms with Crippen LogP contribution in [0, 0.1) is 0 Å². The lowest BCUT2D eigenvalue weighted by Gasteiger charge is -2.06. The molecule has 1 amide bonds. The highest BCUT2D eigenvalue weighted by molar-refractivity contribution is 7.98. The number of aromatic amines is 1. The van der Waals surface area contributed by atoms with Crippen LogP contribution in [-0.4, -0.2) is 27.1 Å². The van der Waals surface area contributed by atoms with Crippen molar-refractivity contribution < 1.29 is 4.79 Å². The lowest BCUT2D eigenvalue weighted by atomic mass is 10.2. The van der Waals surface area contributed by atoms with Crippen molar-refractivity contribution in [2.75, 3.05) is 11.6 Å². The third kappa shape index (κ3) is 3.04. The van der Waals surface area contributed by atoms with E-state index in [4.69, 9.17) is 23.2 Å². The zero-order valence-corrected chi connectivity index (χ0v) is 13.7. The van der Waals surface area contributed by atoms with Gasteiger partial charge in [0, 0.05) is 0 Å². The minimum atomic E-state index is -0.365. The average molecular weight is 353 g/mol. The van der Waals surface area contributed by atoms with E-state index in [-0.39, 0.29) is 5.91 Å². The van der Waals surface area contributed by atoms with Crippen LogP contribution in [0.1, 0.15) is 10.4 Å². The molecule has 2 heterocycles. The second-order valence-corrected chi connectivity index (χ2v) is 5.98. The lowest BCUT2D eigenvalue weighted by Crippen LogP contribution is -2.13. The molecule has 0 unspecified atom stereocenters. The van der Waals surface area contributed by atoms with Gasteiger partial charge in [0.2, 0.25) is 0 Å². The Morgan fingerprint density at radius 1 is 1.27 bits per heavy atom. The second-order valence-electron chi connectivity index (χ2n) is 4.39. The minimum absolute atomic E-state index is 0.302. The topological polar surface area (TPSA) is 70.7 Å². The summed E-state index contributed by atoms with van der Waals surface area (Å²) in [4.78, 5) is 23.8. The number of halogens is 2. The summed E-state index contributed by atoms with van der Waals surface area (Å²) >= 11 is 13.5. The van der Waals surface area contributed by atoms with Crippen molar-refractivity contribution in [2.45, 2.75) is 5.16 Å². The number of imidazole rings is 1. The Bertz CT molecular complexity index is 865. The third-order valence-corrected chi connectivity index (χ3v) is 4.05. The molecule has 5 nitrogen and oxygen atoms in total. The van der Waals surface area contributed by atoms with E-state index in [0.29, 0.717) is 27.1 Å². The van der Waals surface area contributed by atoms with E-state index < -0.39 is 0 Å². The molecule has 8 heteroatoms. The molecule has 112 valence electrons. The summed E-state index contributed by atoms with van der Waals surface area (Å²) in [6.07, 6.45) is 1.91. The molecular formula is C14H10Cl2N4OS. The Balaban J connectivity index is 1.94. The molecule has 1 aromatic carbocycles. The fraction of sp³-hybridized carbons (Fsp3) is 0.0714. The standard InChI is InChI=1S/C14H10Cl2N4OS/c1-22-14-17-9-5-7(8(15)6-10(9)18-14)13(21)20-12-4-2-3-11(16)19-12/h2-6H,1H3,(H,17,18)(H,19,20,21). The van der Waals surface area contributed by atoms with E-state index in [2.05, 4.69) is 20.3 Å². The maximum Gasteiger partial charge on any atom is 0.258 e. The van der Waals surface area contributed by atoms with E-state index in [0.717, 1.165) is 10.7 Å². The number of benzene rings is 1. The Morgan fingerprint density at radius 2 is 2.09 bits per heavy atom. The zero-order chi connectivity index (χ0) is 15.7. The average Bonchev–Trinajstić information content (AvgIpc) is 2.88. The summed E-state index contributed by atoms with van der Waals surface area (Å²) in [6, 6.07) is 8.31. The number of amides is 1. The molecule has 0 radical (unpaired) electrons. The predicted molar refractivity (Wildman–Crippen MR) is 90.1 cm³/mol. The van der Waals surface area contributed by atoms with Gasteiger partial charge in [-0.25, -0.2) is 9.97 Å². The summed E-state index contributed by atoms with van der Waals surface area (Å²) in [5, 5.41) is 4.07. The van der Waals surface area contributed by atoms with Crippen molar-refractivity contribution >= 4 is 57.7 Å². The fourth-order valence-corrected chi connectivity index (χ4v) is 2.75. The van der Waals surface area contributed by atoms with Gasteiger partial charge in [0.05, 0.1) is 21.6 Å². The van der Waals surface area contributed by atoms with Crippen molar-refractivity contribution in [3.05, 3.63) is 46.1 Å². The first-order valence-corrected chi connectivity index (χ1v) is 8.22. The lowest BCUT2D eigenvalue weighted by molar-refractivity contribution is 0.102. The quantitative estimate of drug-likeness (QED) is 0.546. The van der Waals surface area contributed by atoms with Crippen LogP contribution in [0.25, 0.3) is 11.0 Å². The fourth-order valence-electron chi connectivity index (χ4n) is 1.94. The molecule has 0 aliphatic rings. The molecule has 3 rings (SSSR count). The number of fused-ring (bicyclic) bond motifs is 1. The van der Waals surface area contributed by atoms with E-state index in [1.54, 1.807) is 30.3 Å². The highest BCUT2D eigenvalue weighted by Gasteiger charge is 2.14. The van der Waals surface area contributed by atoms with Crippen LogP contribution in [0.3, 0.4) is 0 Å². The van der Waals surface area contributed by atoms with Gasteiger partial charge in [0.15, 0.2) is 5.16 Å². The molecule has 2 aromatic heterocycles. The number of H-pyrrole nitrogens is 1. The first-order valence-electron chi connectivity index (χ1n) is 6.24. The van der Waals surface area contributed by atoms with Crippen LogP contribution in [-0.2, 0) is 0 Å². The van der Waals surface area contributed by atoms with Crippen molar-refractivity contribution in [1.29, 1.82) is 0 Å². The van der Waals surface area contributed by atoms with Gasteiger partial charge in [0.25, 0.3) is 5.91 Å². The number of anilines is 1. The Labute approximate surface area is 140 Å². The number of pyridine rings is 1. The van der Waals surface area contributed by atoms with Gasteiger partial charge in [0.1, 0.15) is 11.0 Å². The number of hydrogen-bond acceptors (Lipinski definition) is 4. The molecule has 0 spiro atoms. The van der Waals surface area contributed by atoms with Crippen molar-refractivity contribution in [2.24, 2.45) is 0 Å². The number of aromatic nitrogens is 3. The van der Waals surface area contributed by atoms with Crippen LogP contribution in [0.4, 0.5) is 5.82 Å². The van der Waals surface area contributed by atoms with Gasteiger partial charge in [-0.1, -0.05) is 41.0 Å². The largest absolute Gasteiger partial charge is 0.333 e. The molecule has 22 heavy (non-hydrogen) atoms. The summed E-state index contributed by atoms with van der Waals surface area (Å²) in [5.74, 6) is -0.00383. The van der Waals surface area contributed by atoms with Crippen molar-refractivity contribution in [1.82, 2.24) is 15.0 Å². The predicted octanol–water partition coefficient (Wildman–Crippen LogP) is 4.24.